The fourth-order valence-electron chi connectivity index (χ4n) is 3.44. The monoisotopic (exact) mass is 496 g/mol. The van der Waals surface area contributed by atoms with Crippen molar-refractivity contribution >= 4 is 51.2 Å². The number of esters is 1. The predicted molar refractivity (Wildman–Crippen MR) is 134 cm³/mol. The fourth-order valence-corrected chi connectivity index (χ4v) is 5.49. The maximum Gasteiger partial charge on any atom is 0.312 e. The van der Waals surface area contributed by atoms with Gasteiger partial charge in [0.1, 0.15) is 9.13 Å². The third-order valence-corrected chi connectivity index (χ3v) is 7.78. The Balaban J connectivity index is 3.39. The first-order valence-electron chi connectivity index (χ1n) is 10.2. The Morgan fingerprint density at radius 1 is 1.25 bits per heavy atom. The van der Waals surface area contributed by atoms with Gasteiger partial charge in [-0.1, -0.05) is 24.0 Å². The van der Waals surface area contributed by atoms with E-state index < -0.39 is 28.4 Å². The normalized spacial score (nSPS) is 16.2. The number of aliphatic carboxylic acids is 1. The van der Waals surface area contributed by atoms with Crippen molar-refractivity contribution < 1.29 is 19.4 Å². The summed E-state index contributed by atoms with van der Waals surface area (Å²) in [5, 5.41) is 18.8. The molecule has 32 heavy (non-hydrogen) atoms. The Bertz CT molecular complexity index is 851. The first-order chi connectivity index (χ1) is 14.7. The van der Waals surface area contributed by atoms with Crippen LogP contribution < -0.4 is 0 Å². The summed E-state index contributed by atoms with van der Waals surface area (Å²) >= 11 is 8.41. The van der Waals surface area contributed by atoms with Crippen molar-refractivity contribution in [2.75, 3.05) is 6.26 Å². The van der Waals surface area contributed by atoms with Gasteiger partial charge in [-0.25, -0.2) is 0 Å². The summed E-state index contributed by atoms with van der Waals surface area (Å²) in [6.45, 7) is 8.92. The van der Waals surface area contributed by atoms with Crippen molar-refractivity contribution in [1.82, 2.24) is 4.98 Å². The van der Waals surface area contributed by atoms with E-state index in [-0.39, 0.29) is 24.5 Å². The molecule has 3 atom stereocenters. The lowest BCUT2D eigenvalue weighted by Gasteiger charge is -2.38. The number of thioether (sulfide) groups is 2. The van der Waals surface area contributed by atoms with E-state index in [4.69, 9.17) is 22.1 Å². The summed E-state index contributed by atoms with van der Waals surface area (Å²) in [7, 11) is 0. The predicted octanol–water partition coefficient (Wildman–Crippen LogP) is 6.03. The smallest absolute Gasteiger partial charge is 0.312 e. The molecule has 0 aromatic carbocycles. The number of hydrogen-bond acceptors (Lipinski definition) is 8. The molecular weight excluding hydrogens is 464 g/mol. The van der Waals surface area contributed by atoms with Crippen molar-refractivity contribution in [3.05, 3.63) is 30.1 Å². The lowest BCUT2D eigenvalue weighted by atomic mass is 9.69. The van der Waals surface area contributed by atoms with Gasteiger partial charge in [0.25, 0.3) is 0 Å². The second kappa shape index (κ2) is 12.0. The molecule has 0 aliphatic carbocycles. The van der Waals surface area contributed by atoms with Crippen LogP contribution in [0.25, 0.3) is 0 Å². The molecule has 1 N–H and O–H groups in total. The number of aromatic nitrogens is 1. The molecule has 1 rings (SSSR count). The minimum Gasteiger partial charge on any atom is -0.481 e. The van der Waals surface area contributed by atoms with Gasteiger partial charge in [-0.3, -0.25) is 14.6 Å². The molecule has 9 heteroatoms. The fraction of sp³-hybridized carbons (Fsp3) is 0.609. The van der Waals surface area contributed by atoms with Crippen LogP contribution in [0.3, 0.4) is 0 Å². The van der Waals surface area contributed by atoms with Crippen LogP contribution in [0, 0.1) is 22.2 Å². The average molecular weight is 497 g/mol. The molecule has 0 spiro atoms. The SMILES string of the molecule is CSC(=S)SC(CC(C)(CC(C)(C#N)CCC(=O)O)C(=O)OC(C)(C)C)c1ccncc1. The molecule has 0 bridgehead atoms. The van der Waals surface area contributed by atoms with Crippen molar-refractivity contribution in [3.63, 3.8) is 0 Å². The number of carbonyl (C=O) groups excluding carboxylic acids is 1. The molecule has 176 valence electrons. The number of ether oxygens (including phenoxy) is 1. The number of pyridine rings is 1. The van der Waals surface area contributed by atoms with Gasteiger partial charge in [-0.05, 0) is 77.8 Å². The van der Waals surface area contributed by atoms with Crippen LogP contribution in [0.4, 0.5) is 0 Å². The van der Waals surface area contributed by atoms with E-state index >= 15 is 0 Å². The Morgan fingerprint density at radius 3 is 2.31 bits per heavy atom. The lowest BCUT2D eigenvalue weighted by Crippen LogP contribution is -2.40. The van der Waals surface area contributed by atoms with E-state index in [0.717, 1.165) is 9.09 Å². The average Bonchev–Trinajstić information content (AvgIpc) is 2.71. The highest BCUT2D eigenvalue weighted by Gasteiger charge is 2.45. The van der Waals surface area contributed by atoms with Crippen LogP contribution >= 0.6 is 35.7 Å². The largest absolute Gasteiger partial charge is 0.481 e. The minimum atomic E-state index is -1.04. The van der Waals surface area contributed by atoms with E-state index in [1.807, 2.05) is 18.4 Å². The van der Waals surface area contributed by atoms with Crippen LogP contribution in [-0.4, -0.2) is 37.4 Å². The molecular formula is C23H32N2O4S3. The zero-order valence-electron chi connectivity index (χ0n) is 19.5. The van der Waals surface area contributed by atoms with Crippen molar-refractivity contribution in [3.8, 4) is 6.07 Å². The van der Waals surface area contributed by atoms with Gasteiger partial charge < -0.3 is 9.84 Å². The molecule has 0 fully saturated rings. The van der Waals surface area contributed by atoms with Gasteiger partial charge in [-0.2, -0.15) is 5.26 Å². The molecule has 0 aliphatic heterocycles. The molecule has 0 saturated carbocycles. The first-order valence-corrected chi connectivity index (χ1v) is 12.8. The standard InChI is InChI=1S/C23H32N2O4S3/c1-21(2,3)29-19(28)23(5,14-22(4,15-24)10-7-18(26)27)13-17(32-20(30)31-6)16-8-11-25-12-9-16/h8-9,11-12,17H,7,10,13-14H2,1-6H3,(H,26,27). The molecule has 0 amide bonds. The molecule has 1 aromatic heterocycles. The Hall–Kier alpha value is -1.63. The number of nitrogens with zero attached hydrogens (tertiary/aromatic N) is 2. The number of thiocarbonyl (C=S) groups is 1. The van der Waals surface area contributed by atoms with E-state index in [1.165, 1.54) is 23.5 Å². The molecule has 0 saturated heterocycles. The molecule has 1 heterocycles. The summed E-state index contributed by atoms with van der Waals surface area (Å²) < 4.78 is 6.51. The van der Waals surface area contributed by atoms with Gasteiger partial charge in [0.05, 0.1) is 16.9 Å². The van der Waals surface area contributed by atoms with Crippen LogP contribution in [0.1, 0.15) is 71.1 Å². The minimum absolute atomic E-state index is 0.145. The first kappa shape index (κ1) is 28.4. The van der Waals surface area contributed by atoms with Gasteiger partial charge >= 0.3 is 11.9 Å². The second-order valence-electron chi connectivity index (χ2n) is 9.35. The Kier molecular flexibility index (Phi) is 10.7. The van der Waals surface area contributed by atoms with E-state index in [9.17, 15) is 14.9 Å². The topological polar surface area (TPSA) is 100 Å². The maximum atomic E-state index is 13.4. The summed E-state index contributed by atoms with van der Waals surface area (Å²) in [6.07, 6.45) is 5.85. The second-order valence-corrected chi connectivity index (χ2v) is 12.6. The van der Waals surface area contributed by atoms with Crippen LogP contribution in [0.2, 0.25) is 0 Å². The third-order valence-electron chi connectivity index (χ3n) is 4.95. The summed E-state index contributed by atoms with van der Waals surface area (Å²) in [5.74, 6) is -1.38. The molecule has 0 aliphatic rings. The van der Waals surface area contributed by atoms with Crippen LogP contribution in [0.15, 0.2) is 24.5 Å². The van der Waals surface area contributed by atoms with Crippen molar-refractivity contribution in [2.24, 2.45) is 10.8 Å². The zero-order valence-corrected chi connectivity index (χ0v) is 22.0. The van der Waals surface area contributed by atoms with Gasteiger partial charge in [0.15, 0.2) is 0 Å². The van der Waals surface area contributed by atoms with Crippen LogP contribution in [-0.2, 0) is 14.3 Å². The van der Waals surface area contributed by atoms with Crippen LogP contribution in [0.5, 0.6) is 0 Å². The molecule has 3 unspecified atom stereocenters. The summed E-state index contributed by atoms with van der Waals surface area (Å²) in [4.78, 5) is 28.6. The zero-order chi connectivity index (χ0) is 24.6. The highest BCUT2D eigenvalue weighted by molar-refractivity contribution is 8.47. The Morgan fingerprint density at radius 2 is 1.84 bits per heavy atom. The Labute approximate surface area is 204 Å². The van der Waals surface area contributed by atoms with Crippen molar-refractivity contribution in [1.29, 1.82) is 5.26 Å². The molecule has 0 radical (unpaired) electrons. The summed E-state index contributed by atoms with van der Waals surface area (Å²) in [5.41, 5.74) is -1.76. The molecule has 1 aromatic rings. The van der Waals surface area contributed by atoms with E-state index in [1.54, 1.807) is 47.0 Å². The van der Waals surface area contributed by atoms with Gasteiger partial charge in [0, 0.05) is 24.1 Å². The molecule has 6 nitrogen and oxygen atoms in total. The summed E-state index contributed by atoms with van der Waals surface area (Å²) in [6, 6.07) is 6.04. The third kappa shape index (κ3) is 9.47. The number of carboxylic acids is 1. The number of carbonyl (C=O) groups is 2. The number of carboxylic acid groups (broad SMARTS) is 1. The number of rotatable bonds is 10. The highest BCUT2D eigenvalue weighted by atomic mass is 32.2. The highest BCUT2D eigenvalue weighted by Crippen LogP contribution is 2.48. The van der Waals surface area contributed by atoms with Gasteiger partial charge in [-0.15, -0.1) is 11.8 Å². The number of nitriles is 1. The maximum absolute atomic E-state index is 13.4. The lowest BCUT2D eigenvalue weighted by molar-refractivity contribution is -0.169. The van der Waals surface area contributed by atoms with Crippen molar-refractivity contribution in [2.45, 2.75) is 71.2 Å². The van der Waals surface area contributed by atoms with E-state index in [2.05, 4.69) is 11.1 Å². The quantitative estimate of drug-likeness (QED) is 0.307. The number of hydrogen-bond donors (Lipinski definition) is 1. The van der Waals surface area contributed by atoms with Gasteiger partial charge in [0.2, 0.25) is 0 Å². The van der Waals surface area contributed by atoms with E-state index in [0.29, 0.717) is 6.42 Å².